The van der Waals surface area contributed by atoms with E-state index in [2.05, 4.69) is 26.5 Å². The number of fused-ring (bicyclic) bond motifs is 3. The average molecular weight is 455 g/mol. The zero-order chi connectivity index (χ0) is 24.3. The summed E-state index contributed by atoms with van der Waals surface area (Å²) in [5, 5.41) is 12.4. The Morgan fingerprint density at radius 2 is 1.85 bits per heavy atom. The van der Waals surface area contributed by atoms with Crippen LogP contribution in [0.5, 0.6) is 5.75 Å². The van der Waals surface area contributed by atoms with Crippen LogP contribution in [0, 0.1) is 16.7 Å². The third kappa shape index (κ3) is 3.43. The second-order valence-corrected chi connectivity index (χ2v) is 11.3. The summed E-state index contributed by atoms with van der Waals surface area (Å²) in [4.78, 5) is 13.8. The van der Waals surface area contributed by atoms with Crippen LogP contribution in [0.4, 0.5) is 0 Å². The fraction of sp³-hybridized carbons (Fsp3) is 0.607. The predicted octanol–water partition coefficient (Wildman–Crippen LogP) is 5.02. The first-order chi connectivity index (χ1) is 15.4. The molecule has 1 aliphatic heterocycles. The minimum absolute atomic E-state index is 0.0432. The zero-order valence-corrected chi connectivity index (χ0v) is 20.8. The molecule has 3 aliphatic rings. The number of benzene rings is 1. The minimum Gasteiger partial charge on any atom is -0.497 e. The molecule has 33 heavy (non-hydrogen) atoms. The van der Waals surface area contributed by atoms with Gasteiger partial charge in [0.15, 0.2) is 11.4 Å². The molecule has 0 unspecified atom stereocenters. The summed E-state index contributed by atoms with van der Waals surface area (Å²) < 4.78 is 18.2. The predicted molar refractivity (Wildman–Crippen MR) is 128 cm³/mol. The molecule has 6 atom stereocenters. The van der Waals surface area contributed by atoms with Crippen LogP contribution in [0.2, 0.25) is 0 Å². The molecule has 1 heterocycles. The van der Waals surface area contributed by atoms with Gasteiger partial charge >= 0.3 is 0 Å². The van der Waals surface area contributed by atoms with Crippen LogP contribution in [0.3, 0.4) is 0 Å². The number of hydrogen-bond acceptors (Lipinski definition) is 5. The molecule has 1 N–H and O–H groups in total. The number of allylic oxidation sites excluding steroid dienone is 1. The fourth-order valence-electron chi connectivity index (χ4n) is 6.77. The van der Waals surface area contributed by atoms with Crippen LogP contribution in [-0.2, 0) is 20.9 Å². The molecule has 0 spiro atoms. The molecule has 1 aromatic carbocycles. The zero-order valence-electron chi connectivity index (χ0n) is 20.8. The molecule has 0 radical (unpaired) electrons. The number of carbonyl (C=O) groups excluding carboxylic acids is 1. The van der Waals surface area contributed by atoms with E-state index in [1.165, 1.54) is 0 Å². The van der Waals surface area contributed by atoms with E-state index in [1.54, 1.807) is 13.2 Å². The second-order valence-electron chi connectivity index (χ2n) is 11.3. The van der Waals surface area contributed by atoms with Crippen molar-refractivity contribution < 1.29 is 24.1 Å². The van der Waals surface area contributed by atoms with E-state index in [0.717, 1.165) is 24.2 Å². The first-order valence-corrected chi connectivity index (χ1v) is 11.9. The molecule has 180 valence electrons. The normalized spacial score (nSPS) is 41.7. The molecule has 2 fully saturated rings. The lowest BCUT2D eigenvalue weighted by molar-refractivity contribution is -0.296. The van der Waals surface area contributed by atoms with Gasteiger partial charge in [-0.3, -0.25) is 4.79 Å². The van der Waals surface area contributed by atoms with E-state index < -0.39 is 22.2 Å². The highest BCUT2D eigenvalue weighted by atomic mass is 16.5. The first kappa shape index (κ1) is 24.2. The molecule has 2 aliphatic carbocycles. The molecular formula is C28H38O5. The van der Waals surface area contributed by atoms with Crippen molar-refractivity contribution in [3.8, 4) is 5.75 Å². The third-order valence-electron chi connectivity index (χ3n) is 8.71. The van der Waals surface area contributed by atoms with E-state index in [1.807, 2.05) is 51.1 Å². The van der Waals surface area contributed by atoms with Crippen LogP contribution in [0.15, 0.2) is 49.1 Å². The highest BCUT2D eigenvalue weighted by Gasteiger charge is 2.74. The Balaban J connectivity index is 1.74. The molecule has 5 heteroatoms. The lowest BCUT2D eigenvalue weighted by Crippen LogP contribution is -2.78. The van der Waals surface area contributed by atoms with Gasteiger partial charge in [0.2, 0.25) is 0 Å². The quantitative estimate of drug-likeness (QED) is 0.633. The second kappa shape index (κ2) is 7.79. The van der Waals surface area contributed by atoms with Crippen LogP contribution >= 0.6 is 0 Å². The largest absolute Gasteiger partial charge is 0.497 e. The number of Topliss-reactive ketones (excluding diaryl/α,β-unsaturated/α-hetero) is 1. The van der Waals surface area contributed by atoms with E-state index in [0.29, 0.717) is 6.61 Å². The van der Waals surface area contributed by atoms with E-state index >= 15 is 0 Å². The van der Waals surface area contributed by atoms with Gasteiger partial charge < -0.3 is 19.3 Å². The number of ketones is 1. The van der Waals surface area contributed by atoms with Gasteiger partial charge in [0.25, 0.3) is 0 Å². The Kier molecular flexibility index (Phi) is 5.71. The molecule has 1 aromatic rings. The van der Waals surface area contributed by atoms with Gasteiger partial charge in [0.05, 0.1) is 25.4 Å². The molecule has 1 saturated heterocycles. The summed E-state index contributed by atoms with van der Waals surface area (Å²) >= 11 is 0. The van der Waals surface area contributed by atoms with Gasteiger partial charge in [-0.05, 0) is 55.7 Å². The Labute approximate surface area is 197 Å². The molecule has 0 amide bonds. The lowest BCUT2D eigenvalue weighted by Gasteiger charge is -2.67. The van der Waals surface area contributed by atoms with Crippen molar-refractivity contribution in [1.29, 1.82) is 0 Å². The third-order valence-corrected chi connectivity index (χ3v) is 8.71. The summed E-state index contributed by atoms with van der Waals surface area (Å²) in [5.74, 6) is 0.549. The fourth-order valence-corrected chi connectivity index (χ4v) is 6.77. The van der Waals surface area contributed by atoms with Gasteiger partial charge in [0, 0.05) is 11.8 Å². The summed E-state index contributed by atoms with van der Waals surface area (Å²) in [6, 6.07) is 7.79. The molecule has 0 aromatic heterocycles. The van der Waals surface area contributed by atoms with Crippen LogP contribution in [0.1, 0.15) is 59.4 Å². The Morgan fingerprint density at radius 3 is 2.45 bits per heavy atom. The number of carbonyl (C=O) groups is 1. The van der Waals surface area contributed by atoms with Crippen LogP contribution < -0.4 is 4.74 Å². The smallest absolute Gasteiger partial charge is 0.171 e. The van der Waals surface area contributed by atoms with Crippen LogP contribution in [-0.4, -0.2) is 40.9 Å². The Morgan fingerprint density at radius 1 is 1.18 bits per heavy atom. The minimum atomic E-state index is -1.72. The van der Waals surface area contributed by atoms with E-state index in [9.17, 15) is 9.90 Å². The van der Waals surface area contributed by atoms with Gasteiger partial charge in [-0.15, -0.1) is 6.58 Å². The number of rotatable bonds is 5. The standard InChI is InChI=1S/C28H38O5/c1-8-25(4)17-22(29)28(30)26(5,33-25)16-13-21-24(2,3)15-14-23(27(21,28)6)32-18-19-9-11-20(31-7)12-10-19/h8-13,16,21,23,30H,1,14-15,17-18H2,2-7H3/t21-,23-,25-,26+,27+,28+/m0/s1. The van der Waals surface area contributed by atoms with Crippen molar-refractivity contribution in [2.45, 2.75) is 83.4 Å². The number of methoxy groups -OCH3 is 1. The van der Waals surface area contributed by atoms with Gasteiger partial charge in [-0.2, -0.15) is 0 Å². The SMILES string of the molecule is C=C[C@@]1(C)CC(=O)[C@]2(O)[C@@]3(C)[C@@H](OCc4ccc(OC)cc4)CCC(C)(C)[C@@H]3C=C[C@@]2(C)O1. The monoisotopic (exact) mass is 454 g/mol. The van der Waals surface area contributed by atoms with Crippen molar-refractivity contribution >= 4 is 5.78 Å². The van der Waals surface area contributed by atoms with Crippen molar-refractivity contribution in [2.24, 2.45) is 16.7 Å². The van der Waals surface area contributed by atoms with Crippen molar-refractivity contribution in [1.82, 2.24) is 0 Å². The van der Waals surface area contributed by atoms with E-state index in [-0.39, 0.29) is 29.6 Å². The van der Waals surface area contributed by atoms with Crippen molar-refractivity contribution in [3.63, 3.8) is 0 Å². The maximum atomic E-state index is 13.8. The highest BCUT2D eigenvalue weighted by molar-refractivity contribution is 5.92. The summed E-state index contributed by atoms with van der Waals surface area (Å²) in [6.45, 7) is 14.4. The highest BCUT2D eigenvalue weighted by Crippen LogP contribution is 2.65. The summed E-state index contributed by atoms with van der Waals surface area (Å²) in [6.07, 6.45) is 7.20. The molecule has 1 saturated carbocycles. The summed E-state index contributed by atoms with van der Waals surface area (Å²) in [5.41, 5.74) is -3.65. The number of ether oxygens (including phenoxy) is 3. The average Bonchev–Trinajstić information content (AvgIpc) is 2.76. The van der Waals surface area contributed by atoms with Crippen LogP contribution in [0.25, 0.3) is 0 Å². The lowest BCUT2D eigenvalue weighted by atomic mass is 9.43. The maximum Gasteiger partial charge on any atom is 0.171 e. The Bertz CT molecular complexity index is 965. The molecule has 4 rings (SSSR count). The molecule has 0 bridgehead atoms. The van der Waals surface area contributed by atoms with Crippen molar-refractivity contribution in [2.75, 3.05) is 7.11 Å². The van der Waals surface area contributed by atoms with Gasteiger partial charge in [-0.25, -0.2) is 0 Å². The van der Waals surface area contributed by atoms with Gasteiger partial charge in [0.1, 0.15) is 11.4 Å². The number of aliphatic hydroxyl groups is 1. The van der Waals surface area contributed by atoms with Gasteiger partial charge in [-0.1, -0.05) is 51.1 Å². The Hall–Kier alpha value is -1.95. The maximum absolute atomic E-state index is 13.8. The number of hydrogen-bond donors (Lipinski definition) is 1. The summed E-state index contributed by atoms with van der Waals surface area (Å²) in [7, 11) is 1.64. The topological polar surface area (TPSA) is 65.0 Å². The molecular weight excluding hydrogens is 416 g/mol. The van der Waals surface area contributed by atoms with E-state index in [4.69, 9.17) is 14.2 Å². The molecule has 5 nitrogen and oxygen atoms in total. The first-order valence-electron chi connectivity index (χ1n) is 11.9. The van der Waals surface area contributed by atoms with Crippen molar-refractivity contribution in [3.05, 3.63) is 54.6 Å².